The molecule has 0 saturated carbocycles. The highest BCUT2D eigenvalue weighted by atomic mass is 127. The van der Waals surface area contributed by atoms with Gasteiger partial charge in [0.05, 0.1) is 6.54 Å². The molecule has 1 aliphatic rings. The van der Waals surface area contributed by atoms with Crippen LogP contribution >= 0.6 is 24.0 Å². The number of rotatable bonds is 6. The number of nitrogens with zero attached hydrogens (tertiary/aromatic N) is 1. The standard InChI is InChI=1S/C16H24N4O2.HI/c1-2-8-18-16(17)19-11-12-5-3-6-13(10-12)20-15(21)14-7-4-9-22-14;/h3,5-6,10,14H,2,4,7-9,11H2,1H3,(H,20,21)(H3,17,18,19);1H. The number of anilines is 1. The lowest BCUT2D eigenvalue weighted by molar-refractivity contribution is -0.124. The van der Waals surface area contributed by atoms with Gasteiger partial charge in [-0.1, -0.05) is 19.1 Å². The van der Waals surface area contributed by atoms with Gasteiger partial charge in [-0.15, -0.1) is 24.0 Å². The second-order valence-corrected chi connectivity index (χ2v) is 5.32. The minimum absolute atomic E-state index is 0. The number of nitrogens with one attached hydrogen (secondary N) is 2. The van der Waals surface area contributed by atoms with Crippen molar-refractivity contribution in [3.63, 3.8) is 0 Å². The molecule has 4 N–H and O–H groups in total. The van der Waals surface area contributed by atoms with Gasteiger partial charge in [-0.2, -0.15) is 0 Å². The molecule has 0 spiro atoms. The topological polar surface area (TPSA) is 88.7 Å². The van der Waals surface area contributed by atoms with Gasteiger partial charge in [0.2, 0.25) is 0 Å². The Kier molecular flexibility index (Phi) is 8.93. The molecule has 1 amide bonds. The van der Waals surface area contributed by atoms with Gasteiger partial charge in [-0.25, -0.2) is 4.99 Å². The molecular weight excluding hydrogens is 407 g/mol. The van der Waals surface area contributed by atoms with E-state index in [1.807, 2.05) is 24.3 Å². The molecule has 0 aromatic heterocycles. The van der Waals surface area contributed by atoms with Gasteiger partial charge in [-0.3, -0.25) is 4.79 Å². The molecule has 1 saturated heterocycles. The second-order valence-electron chi connectivity index (χ2n) is 5.32. The first-order valence-corrected chi connectivity index (χ1v) is 7.74. The lowest BCUT2D eigenvalue weighted by Gasteiger charge is -2.11. The number of nitrogens with two attached hydrogens (primary N) is 1. The summed E-state index contributed by atoms with van der Waals surface area (Å²) in [4.78, 5) is 16.3. The SMILES string of the molecule is CCCNC(N)=NCc1cccc(NC(=O)C2CCCO2)c1.I. The molecule has 1 atom stereocenters. The zero-order chi connectivity index (χ0) is 15.8. The fraction of sp³-hybridized carbons (Fsp3) is 0.500. The summed E-state index contributed by atoms with van der Waals surface area (Å²) in [6, 6.07) is 7.62. The van der Waals surface area contributed by atoms with Gasteiger partial charge in [-0.05, 0) is 37.0 Å². The largest absolute Gasteiger partial charge is 0.370 e. The highest BCUT2D eigenvalue weighted by Crippen LogP contribution is 2.16. The molecule has 0 aliphatic carbocycles. The fourth-order valence-corrected chi connectivity index (χ4v) is 2.24. The van der Waals surface area contributed by atoms with Gasteiger partial charge < -0.3 is 21.1 Å². The number of hydrogen-bond acceptors (Lipinski definition) is 3. The summed E-state index contributed by atoms with van der Waals surface area (Å²) in [5, 5.41) is 5.91. The van der Waals surface area contributed by atoms with Crippen molar-refractivity contribution in [3.05, 3.63) is 29.8 Å². The Balaban J connectivity index is 0.00000264. The molecule has 1 aromatic carbocycles. The molecule has 23 heavy (non-hydrogen) atoms. The zero-order valence-electron chi connectivity index (χ0n) is 13.4. The first-order chi connectivity index (χ1) is 10.7. The Hall–Kier alpha value is -1.35. The maximum atomic E-state index is 12.0. The number of aliphatic imine (C=N–C) groups is 1. The molecule has 1 unspecified atom stereocenters. The van der Waals surface area contributed by atoms with E-state index in [0.717, 1.165) is 37.1 Å². The van der Waals surface area contributed by atoms with Crippen molar-refractivity contribution in [2.45, 2.75) is 38.8 Å². The highest BCUT2D eigenvalue weighted by Gasteiger charge is 2.23. The number of benzene rings is 1. The summed E-state index contributed by atoms with van der Waals surface area (Å²) in [7, 11) is 0. The molecule has 128 valence electrons. The van der Waals surface area contributed by atoms with Crippen LogP contribution in [-0.4, -0.2) is 31.1 Å². The van der Waals surface area contributed by atoms with Crippen molar-refractivity contribution in [1.82, 2.24) is 5.32 Å². The average molecular weight is 432 g/mol. The Morgan fingerprint density at radius 3 is 3.00 bits per heavy atom. The van der Waals surface area contributed by atoms with E-state index in [1.165, 1.54) is 0 Å². The lowest BCUT2D eigenvalue weighted by Crippen LogP contribution is -2.32. The van der Waals surface area contributed by atoms with Gasteiger partial charge in [0.1, 0.15) is 6.10 Å². The maximum absolute atomic E-state index is 12.0. The monoisotopic (exact) mass is 432 g/mol. The van der Waals surface area contributed by atoms with Gasteiger partial charge in [0, 0.05) is 18.8 Å². The lowest BCUT2D eigenvalue weighted by atomic mass is 10.2. The van der Waals surface area contributed by atoms with Crippen molar-refractivity contribution in [2.24, 2.45) is 10.7 Å². The molecule has 2 rings (SSSR count). The van der Waals surface area contributed by atoms with Crippen molar-refractivity contribution >= 4 is 41.5 Å². The highest BCUT2D eigenvalue weighted by molar-refractivity contribution is 14.0. The summed E-state index contributed by atoms with van der Waals surface area (Å²) >= 11 is 0. The molecule has 1 aliphatic heterocycles. The van der Waals surface area contributed by atoms with E-state index in [1.54, 1.807) is 0 Å². The van der Waals surface area contributed by atoms with Crippen LogP contribution in [0.4, 0.5) is 5.69 Å². The van der Waals surface area contributed by atoms with Crippen LogP contribution in [0.5, 0.6) is 0 Å². The second kappa shape index (κ2) is 10.4. The smallest absolute Gasteiger partial charge is 0.253 e. The first-order valence-electron chi connectivity index (χ1n) is 7.74. The molecule has 6 nitrogen and oxygen atoms in total. The van der Waals surface area contributed by atoms with Crippen LogP contribution in [0.2, 0.25) is 0 Å². The number of ether oxygens (including phenoxy) is 1. The third kappa shape index (κ3) is 6.74. The van der Waals surface area contributed by atoms with E-state index >= 15 is 0 Å². The number of guanidine groups is 1. The summed E-state index contributed by atoms with van der Waals surface area (Å²) in [6.07, 6.45) is 2.41. The van der Waals surface area contributed by atoms with Crippen LogP contribution in [0.25, 0.3) is 0 Å². The van der Waals surface area contributed by atoms with Gasteiger partial charge in [0.15, 0.2) is 5.96 Å². The minimum atomic E-state index is -0.324. The first kappa shape index (κ1) is 19.7. The Morgan fingerprint density at radius 1 is 1.48 bits per heavy atom. The molecule has 7 heteroatoms. The zero-order valence-corrected chi connectivity index (χ0v) is 15.7. The third-order valence-electron chi connectivity index (χ3n) is 3.40. The predicted molar refractivity (Wildman–Crippen MR) is 103 cm³/mol. The van der Waals surface area contributed by atoms with E-state index in [0.29, 0.717) is 19.1 Å². The Morgan fingerprint density at radius 2 is 2.30 bits per heavy atom. The van der Waals surface area contributed by atoms with Crippen LogP contribution in [0.15, 0.2) is 29.3 Å². The number of amides is 1. The number of halogens is 1. The normalized spacial score (nSPS) is 17.4. The van der Waals surface area contributed by atoms with Gasteiger partial charge >= 0.3 is 0 Å². The molecule has 1 aromatic rings. The maximum Gasteiger partial charge on any atom is 0.253 e. The van der Waals surface area contributed by atoms with Crippen LogP contribution in [0.3, 0.4) is 0 Å². The van der Waals surface area contributed by atoms with E-state index in [-0.39, 0.29) is 36.0 Å². The van der Waals surface area contributed by atoms with E-state index in [2.05, 4.69) is 22.5 Å². The van der Waals surface area contributed by atoms with Crippen molar-refractivity contribution in [1.29, 1.82) is 0 Å². The van der Waals surface area contributed by atoms with Crippen LogP contribution in [-0.2, 0) is 16.1 Å². The number of hydrogen-bond donors (Lipinski definition) is 3. The van der Waals surface area contributed by atoms with E-state index in [4.69, 9.17) is 10.5 Å². The Bertz CT molecular complexity index is 531. The van der Waals surface area contributed by atoms with Crippen molar-refractivity contribution in [2.75, 3.05) is 18.5 Å². The summed E-state index contributed by atoms with van der Waals surface area (Å²) in [6.45, 7) is 4.02. The van der Waals surface area contributed by atoms with Crippen LogP contribution in [0.1, 0.15) is 31.7 Å². The molecule has 1 fully saturated rings. The van der Waals surface area contributed by atoms with E-state index in [9.17, 15) is 4.79 Å². The van der Waals surface area contributed by atoms with Crippen LogP contribution < -0.4 is 16.4 Å². The van der Waals surface area contributed by atoms with Crippen molar-refractivity contribution in [3.8, 4) is 0 Å². The summed E-state index contributed by atoms with van der Waals surface area (Å²) in [5.74, 6) is 0.359. The van der Waals surface area contributed by atoms with Crippen LogP contribution in [0, 0.1) is 0 Å². The summed E-state index contributed by atoms with van der Waals surface area (Å²) < 4.78 is 5.37. The molecule has 0 bridgehead atoms. The van der Waals surface area contributed by atoms with Crippen molar-refractivity contribution < 1.29 is 9.53 Å². The minimum Gasteiger partial charge on any atom is -0.370 e. The van der Waals surface area contributed by atoms with Gasteiger partial charge in [0.25, 0.3) is 5.91 Å². The van der Waals surface area contributed by atoms with E-state index < -0.39 is 0 Å². The predicted octanol–water partition coefficient (Wildman–Crippen LogP) is 2.24. The summed E-state index contributed by atoms with van der Waals surface area (Å²) in [5.41, 5.74) is 7.51. The number of carbonyl (C=O) groups excluding carboxylic acids is 1. The molecular formula is C16H25IN4O2. The third-order valence-corrected chi connectivity index (χ3v) is 3.40. The Labute approximate surface area is 154 Å². The number of carbonyl (C=O) groups is 1. The molecule has 0 radical (unpaired) electrons. The fourth-order valence-electron chi connectivity index (χ4n) is 2.24. The average Bonchev–Trinajstić information content (AvgIpc) is 3.06. The quantitative estimate of drug-likeness (QED) is 0.366. The molecule has 1 heterocycles.